The van der Waals surface area contributed by atoms with E-state index in [1.165, 1.54) is 6.07 Å². The fraction of sp³-hybridized carbons (Fsp3) is 0.143. The molecule has 6 nitrogen and oxygen atoms in total. The van der Waals surface area contributed by atoms with Crippen molar-refractivity contribution in [1.29, 1.82) is 0 Å². The van der Waals surface area contributed by atoms with Crippen molar-refractivity contribution in [3.05, 3.63) is 88.9 Å². The number of carboxylic acid groups (broad SMARTS) is 1. The molecule has 6 heteroatoms. The van der Waals surface area contributed by atoms with E-state index in [4.69, 9.17) is 14.3 Å². The lowest BCUT2D eigenvalue weighted by Crippen LogP contribution is -2.22. The summed E-state index contributed by atoms with van der Waals surface area (Å²) in [6, 6.07) is 17.9. The molecule has 0 aliphatic carbocycles. The topological polar surface area (TPSA) is 88.8 Å². The van der Waals surface area contributed by atoms with Crippen LogP contribution in [0.4, 0.5) is 0 Å². The van der Waals surface area contributed by atoms with E-state index in [0.29, 0.717) is 29.2 Å². The van der Waals surface area contributed by atoms with Crippen LogP contribution in [0.15, 0.2) is 65.1 Å². The second-order valence-corrected chi connectivity index (χ2v) is 5.98. The standard InChI is InChI=1S/C21H19NO5/c1-14-17(11-19(27-14)21(24)25)13-26-18-9-7-16(8-10-18)20(23)22-12-15-5-3-2-4-6-15/h2-11H,12-13H2,1H3,(H,22,23)(H,24,25). The Balaban J connectivity index is 1.55. The SMILES string of the molecule is Cc1oc(C(=O)O)cc1COc1ccc(C(=O)NCc2ccccc2)cc1. The van der Waals surface area contributed by atoms with Crippen LogP contribution in [-0.2, 0) is 13.2 Å². The Kier molecular flexibility index (Phi) is 5.56. The monoisotopic (exact) mass is 365 g/mol. The summed E-state index contributed by atoms with van der Waals surface area (Å²) >= 11 is 0. The number of ether oxygens (including phenoxy) is 1. The number of rotatable bonds is 7. The summed E-state index contributed by atoms with van der Waals surface area (Å²) in [4.78, 5) is 23.1. The van der Waals surface area contributed by atoms with E-state index in [9.17, 15) is 9.59 Å². The molecule has 0 bridgehead atoms. The number of carbonyl (C=O) groups is 2. The first kappa shape index (κ1) is 18.3. The van der Waals surface area contributed by atoms with Gasteiger partial charge in [-0.2, -0.15) is 0 Å². The first-order valence-electron chi connectivity index (χ1n) is 8.40. The van der Waals surface area contributed by atoms with Gasteiger partial charge in [-0.3, -0.25) is 4.79 Å². The van der Waals surface area contributed by atoms with Crippen molar-refractivity contribution in [2.24, 2.45) is 0 Å². The number of hydrogen-bond donors (Lipinski definition) is 2. The smallest absolute Gasteiger partial charge is 0.371 e. The van der Waals surface area contributed by atoms with Crippen LogP contribution in [0.3, 0.4) is 0 Å². The van der Waals surface area contributed by atoms with Crippen molar-refractivity contribution >= 4 is 11.9 Å². The van der Waals surface area contributed by atoms with E-state index >= 15 is 0 Å². The highest BCUT2D eigenvalue weighted by molar-refractivity contribution is 5.94. The number of carboxylic acids is 1. The molecule has 0 atom stereocenters. The number of furan rings is 1. The van der Waals surface area contributed by atoms with Crippen LogP contribution in [0.2, 0.25) is 0 Å². The van der Waals surface area contributed by atoms with E-state index in [1.807, 2.05) is 30.3 Å². The fourth-order valence-electron chi connectivity index (χ4n) is 2.51. The maximum absolute atomic E-state index is 12.2. The molecule has 1 aromatic heterocycles. The molecule has 1 amide bonds. The molecule has 0 spiro atoms. The molecule has 0 saturated carbocycles. The Bertz CT molecular complexity index is 929. The van der Waals surface area contributed by atoms with Crippen molar-refractivity contribution in [2.75, 3.05) is 0 Å². The highest BCUT2D eigenvalue weighted by Gasteiger charge is 2.13. The highest BCUT2D eigenvalue weighted by Crippen LogP contribution is 2.19. The Morgan fingerprint density at radius 3 is 2.41 bits per heavy atom. The van der Waals surface area contributed by atoms with Gasteiger partial charge in [0.2, 0.25) is 5.76 Å². The van der Waals surface area contributed by atoms with Crippen molar-refractivity contribution in [3.63, 3.8) is 0 Å². The summed E-state index contributed by atoms with van der Waals surface area (Å²) in [6.45, 7) is 2.33. The number of hydrogen-bond acceptors (Lipinski definition) is 4. The molecule has 1 heterocycles. The summed E-state index contributed by atoms with van der Waals surface area (Å²) in [5.74, 6) is -0.315. The average Bonchev–Trinajstić information content (AvgIpc) is 3.07. The predicted octanol–water partition coefficient (Wildman–Crippen LogP) is 3.80. The maximum atomic E-state index is 12.2. The molecule has 0 unspecified atom stereocenters. The molecule has 3 aromatic rings. The molecule has 0 saturated heterocycles. The van der Waals surface area contributed by atoms with Crippen molar-refractivity contribution in [2.45, 2.75) is 20.1 Å². The van der Waals surface area contributed by atoms with Gasteiger partial charge in [-0.05, 0) is 42.8 Å². The van der Waals surface area contributed by atoms with Gasteiger partial charge in [-0.25, -0.2) is 4.79 Å². The predicted molar refractivity (Wildman–Crippen MR) is 98.8 cm³/mol. The van der Waals surface area contributed by atoms with Crippen molar-refractivity contribution < 1.29 is 23.8 Å². The van der Waals surface area contributed by atoms with Crippen molar-refractivity contribution in [1.82, 2.24) is 5.32 Å². The van der Waals surface area contributed by atoms with Gasteiger partial charge in [0, 0.05) is 17.7 Å². The highest BCUT2D eigenvalue weighted by atomic mass is 16.5. The van der Waals surface area contributed by atoms with Crippen LogP contribution < -0.4 is 10.1 Å². The minimum atomic E-state index is -1.12. The van der Waals surface area contributed by atoms with Crippen LogP contribution in [-0.4, -0.2) is 17.0 Å². The Labute approximate surface area is 156 Å². The molecule has 2 N–H and O–H groups in total. The summed E-state index contributed by atoms with van der Waals surface area (Å²) in [5.41, 5.74) is 2.23. The number of nitrogens with one attached hydrogen (secondary N) is 1. The molecular weight excluding hydrogens is 346 g/mol. The number of aryl methyl sites for hydroxylation is 1. The molecule has 27 heavy (non-hydrogen) atoms. The lowest BCUT2D eigenvalue weighted by Gasteiger charge is -2.08. The van der Waals surface area contributed by atoms with Gasteiger partial charge in [-0.1, -0.05) is 30.3 Å². The molecular formula is C21H19NO5. The summed E-state index contributed by atoms with van der Waals surface area (Å²) in [5, 5.41) is 11.8. The van der Waals surface area contributed by atoms with Crippen LogP contribution >= 0.6 is 0 Å². The van der Waals surface area contributed by atoms with E-state index in [2.05, 4.69) is 5.32 Å². The minimum Gasteiger partial charge on any atom is -0.489 e. The second kappa shape index (κ2) is 8.23. The quantitative estimate of drug-likeness (QED) is 0.665. The molecule has 0 fully saturated rings. The zero-order valence-corrected chi connectivity index (χ0v) is 14.8. The van der Waals surface area contributed by atoms with Gasteiger partial charge in [0.05, 0.1) is 0 Å². The Morgan fingerprint density at radius 1 is 1.07 bits per heavy atom. The molecule has 2 aromatic carbocycles. The first-order valence-corrected chi connectivity index (χ1v) is 8.40. The van der Waals surface area contributed by atoms with Crippen LogP contribution in [0, 0.1) is 6.92 Å². The fourth-order valence-corrected chi connectivity index (χ4v) is 2.51. The molecule has 138 valence electrons. The van der Waals surface area contributed by atoms with Crippen LogP contribution in [0.1, 0.15) is 37.8 Å². The Morgan fingerprint density at radius 2 is 1.78 bits per heavy atom. The van der Waals surface area contributed by atoms with Gasteiger partial charge in [-0.15, -0.1) is 0 Å². The third kappa shape index (κ3) is 4.76. The molecule has 0 radical (unpaired) electrons. The molecule has 3 rings (SSSR count). The number of carbonyl (C=O) groups excluding carboxylic acids is 1. The van der Waals surface area contributed by atoms with E-state index in [0.717, 1.165) is 5.56 Å². The van der Waals surface area contributed by atoms with Crippen LogP contribution in [0.5, 0.6) is 5.75 Å². The van der Waals surface area contributed by atoms with Gasteiger partial charge < -0.3 is 19.6 Å². The zero-order valence-electron chi connectivity index (χ0n) is 14.8. The first-order chi connectivity index (χ1) is 13.0. The van der Waals surface area contributed by atoms with Crippen molar-refractivity contribution in [3.8, 4) is 5.75 Å². The summed E-state index contributed by atoms with van der Waals surface area (Å²) in [7, 11) is 0. The summed E-state index contributed by atoms with van der Waals surface area (Å²) in [6.07, 6.45) is 0. The Hall–Kier alpha value is -3.54. The van der Waals surface area contributed by atoms with Gasteiger partial charge in [0.1, 0.15) is 18.1 Å². The minimum absolute atomic E-state index is 0.114. The van der Waals surface area contributed by atoms with Crippen LogP contribution in [0.25, 0.3) is 0 Å². The third-order valence-corrected chi connectivity index (χ3v) is 4.04. The van der Waals surface area contributed by atoms with Gasteiger partial charge >= 0.3 is 5.97 Å². The van der Waals surface area contributed by atoms with Gasteiger partial charge in [0.25, 0.3) is 5.91 Å². The van der Waals surface area contributed by atoms with E-state index in [-0.39, 0.29) is 18.3 Å². The number of amides is 1. The lowest BCUT2D eigenvalue weighted by atomic mass is 10.2. The van der Waals surface area contributed by atoms with E-state index < -0.39 is 5.97 Å². The second-order valence-electron chi connectivity index (χ2n) is 5.98. The number of benzene rings is 2. The molecule has 0 aliphatic rings. The number of aromatic carboxylic acids is 1. The largest absolute Gasteiger partial charge is 0.489 e. The van der Waals surface area contributed by atoms with E-state index in [1.54, 1.807) is 31.2 Å². The average molecular weight is 365 g/mol. The normalized spacial score (nSPS) is 10.4. The maximum Gasteiger partial charge on any atom is 0.371 e. The summed E-state index contributed by atoms with van der Waals surface area (Å²) < 4.78 is 10.8. The van der Waals surface area contributed by atoms with Gasteiger partial charge in [0.15, 0.2) is 0 Å². The zero-order chi connectivity index (χ0) is 19.2. The lowest BCUT2D eigenvalue weighted by molar-refractivity contribution is 0.0660. The third-order valence-electron chi connectivity index (χ3n) is 4.04. The molecule has 0 aliphatic heterocycles.